The molecule has 0 saturated carbocycles. The fraction of sp³-hybridized carbons (Fsp3) is 0.625. The van der Waals surface area contributed by atoms with Crippen LogP contribution in [0.2, 0.25) is 0 Å². The van der Waals surface area contributed by atoms with Crippen LogP contribution in [0.3, 0.4) is 0 Å². The third-order valence-electron chi connectivity index (χ3n) is 4.93. The third kappa shape index (κ3) is 4.33. The van der Waals surface area contributed by atoms with Crippen molar-refractivity contribution in [2.75, 3.05) is 31.7 Å². The van der Waals surface area contributed by atoms with Crippen LogP contribution >= 0.6 is 0 Å². The minimum atomic E-state index is -3.65. The molecule has 1 atom stereocenters. The molecule has 2 fully saturated rings. The van der Waals surface area contributed by atoms with Crippen molar-refractivity contribution in [3.63, 3.8) is 0 Å². The summed E-state index contributed by atoms with van der Waals surface area (Å²) < 4.78 is 56.4. The predicted octanol–water partition coefficient (Wildman–Crippen LogP) is 0.625. The van der Waals surface area contributed by atoms with Gasteiger partial charge in [-0.15, -0.1) is 0 Å². The summed E-state index contributed by atoms with van der Waals surface area (Å²) in [6, 6.07) is 6.48. The molecule has 1 N–H and O–H groups in total. The van der Waals surface area contributed by atoms with E-state index in [4.69, 9.17) is 4.74 Å². The van der Waals surface area contributed by atoms with Crippen LogP contribution in [-0.4, -0.2) is 65.5 Å². The number of ether oxygens (including phenoxy) is 1. The second-order valence-corrected chi connectivity index (χ2v) is 10.6. The number of sulfonamides is 1. The highest BCUT2D eigenvalue weighted by Crippen LogP contribution is 2.25. The average Bonchev–Trinajstić information content (AvgIpc) is 2.95. The van der Waals surface area contributed by atoms with Crippen molar-refractivity contribution in [1.82, 2.24) is 9.62 Å². The van der Waals surface area contributed by atoms with Crippen LogP contribution in [-0.2, 0) is 19.9 Å². The number of rotatable bonds is 5. The zero-order valence-corrected chi connectivity index (χ0v) is 15.9. The highest BCUT2D eigenvalue weighted by Gasteiger charge is 2.35. The van der Waals surface area contributed by atoms with Crippen molar-refractivity contribution in [3.8, 4) is 5.75 Å². The Balaban J connectivity index is 1.60. The number of nitrogens with one attached hydrogen (secondary N) is 1. The van der Waals surface area contributed by atoms with Crippen molar-refractivity contribution >= 4 is 19.9 Å². The number of hydrogen-bond donors (Lipinski definition) is 1. The van der Waals surface area contributed by atoms with E-state index in [1.807, 2.05) is 0 Å². The minimum Gasteiger partial charge on any atom is -0.495 e. The molecule has 0 unspecified atom stereocenters. The fourth-order valence-electron chi connectivity index (χ4n) is 3.57. The largest absolute Gasteiger partial charge is 0.495 e. The van der Waals surface area contributed by atoms with E-state index < -0.39 is 19.9 Å². The molecule has 7 nitrogen and oxygen atoms in total. The topological polar surface area (TPSA) is 92.8 Å². The maximum absolute atomic E-state index is 12.6. The van der Waals surface area contributed by atoms with Gasteiger partial charge in [-0.3, -0.25) is 4.90 Å². The van der Waals surface area contributed by atoms with Crippen molar-refractivity contribution < 1.29 is 21.6 Å². The fourth-order valence-corrected chi connectivity index (χ4v) is 6.81. The maximum atomic E-state index is 12.6. The zero-order chi connectivity index (χ0) is 18.1. The van der Waals surface area contributed by atoms with E-state index in [-0.39, 0.29) is 28.5 Å². The maximum Gasteiger partial charge on any atom is 0.244 e. The number of hydrogen-bond acceptors (Lipinski definition) is 6. The van der Waals surface area contributed by atoms with Gasteiger partial charge in [-0.25, -0.2) is 21.6 Å². The molecule has 2 aliphatic rings. The molecule has 0 spiro atoms. The SMILES string of the molecule is COc1ccccc1S(=O)(=O)NC1CCN([C@H]2CCS(=O)(=O)C2)CC1. The molecule has 0 amide bonds. The molecule has 0 radical (unpaired) electrons. The smallest absolute Gasteiger partial charge is 0.244 e. The van der Waals surface area contributed by atoms with E-state index in [1.165, 1.54) is 13.2 Å². The molecular weight excluding hydrogens is 364 g/mol. The molecule has 3 rings (SSSR count). The van der Waals surface area contributed by atoms with Gasteiger partial charge in [0.2, 0.25) is 10.0 Å². The molecule has 9 heteroatoms. The Kier molecular flexibility index (Phi) is 5.38. The number of likely N-dealkylation sites (tertiary alicyclic amines) is 1. The van der Waals surface area contributed by atoms with Gasteiger partial charge >= 0.3 is 0 Å². The molecule has 140 valence electrons. The summed E-state index contributed by atoms with van der Waals surface area (Å²) >= 11 is 0. The van der Waals surface area contributed by atoms with Crippen LogP contribution < -0.4 is 9.46 Å². The summed E-state index contributed by atoms with van der Waals surface area (Å²) in [6.45, 7) is 1.42. The van der Waals surface area contributed by atoms with Gasteiger partial charge in [0.05, 0.1) is 18.6 Å². The molecule has 0 aliphatic carbocycles. The van der Waals surface area contributed by atoms with Gasteiger partial charge in [0.15, 0.2) is 9.84 Å². The summed E-state index contributed by atoms with van der Waals surface area (Å²) in [6.07, 6.45) is 2.02. The van der Waals surface area contributed by atoms with Gasteiger partial charge in [-0.05, 0) is 44.5 Å². The first kappa shape index (κ1) is 18.6. The highest BCUT2D eigenvalue weighted by atomic mass is 32.2. The lowest BCUT2D eigenvalue weighted by Crippen LogP contribution is -2.48. The lowest BCUT2D eigenvalue weighted by molar-refractivity contribution is 0.161. The highest BCUT2D eigenvalue weighted by molar-refractivity contribution is 7.91. The number of nitrogens with zero attached hydrogens (tertiary/aromatic N) is 1. The van der Waals surface area contributed by atoms with E-state index in [2.05, 4.69) is 9.62 Å². The van der Waals surface area contributed by atoms with Gasteiger partial charge in [0, 0.05) is 12.1 Å². The molecule has 1 aromatic carbocycles. The Morgan fingerprint density at radius 2 is 1.84 bits per heavy atom. The predicted molar refractivity (Wildman–Crippen MR) is 95.0 cm³/mol. The quantitative estimate of drug-likeness (QED) is 0.795. The van der Waals surface area contributed by atoms with Gasteiger partial charge in [0.25, 0.3) is 0 Å². The van der Waals surface area contributed by atoms with Crippen LogP contribution in [0.5, 0.6) is 5.75 Å². The second kappa shape index (κ2) is 7.22. The number of methoxy groups -OCH3 is 1. The molecule has 2 heterocycles. The summed E-state index contributed by atoms with van der Waals surface area (Å²) in [4.78, 5) is 2.32. The Bertz CT molecular complexity index is 815. The molecule has 2 aliphatic heterocycles. The molecule has 1 aromatic rings. The van der Waals surface area contributed by atoms with Crippen molar-refractivity contribution in [2.45, 2.75) is 36.2 Å². The first-order chi connectivity index (χ1) is 11.8. The number of benzene rings is 1. The van der Waals surface area contributed by atoms with Gasteiger partial charge in [-0.2, -0.15) is 0 Å². The Labute approximate surface area is 149 Å². The van der Waals surface area contributed by atoms with E-state index in [0.29, 0.717) is 38.1 Å². The Morgan fingerprint density at radius 3 is 2.44 bits per heavy atom. The van der Waals surface area contributed by atoms with Gasteiger partial charge < -0.3 is 4.74 Å². The van der Waals surface area contributed by atoms with Crippen LogP contribution in [0.4, 0.5) is 0 Å². The first-order valence-corrected chi connectivity index (χ1v) is 11.7. The first-order valence-electron chi connectivity index (χ1n) is 8.40. The number of sulfone groups is 1. The molecule has 2 saturated heterocycles. The Hall–Kier alpha value is -1.16. The van der Waals surface area contributed by atoms with Crippen LogP contribution in [0.1, 0.15) is 19.3 Å². The lowest BCUT2D eigenvalue weighted by atomic mass is 10.0. The van der Waals surface area contributed by atoms with Crippen LogP contribution in [0, 0.1) is 0 Å². The van der Waals surface area contributed by atoms with Gasteiger partial charge in [0.1, 0.15) is 10.6 Å². The second-order valence-electron chi connectivity index (χ2n) is 6.64. The van der Waals surface area contributed by atoms with Crippen LogP contribution in [0.25, 0.3) is 0 Å². The summed E-state index contributed by atoms with van der Waals surface area (Å²) in [5.74, 6) is 0.812. The van der Waals surface area contributed by atoms with Crippen molar-refractivity contribution in [2.24, 2.45) is 0 Å². The number of para-hydroxylation sites is 1. The van der Waals surface area contributed by atoms with Gasteiger partial charge in [-0.1, -0.05) is 12.1 Å². The summed E-state index contributed by atoms with van der Waals surface area (Å²) in [7, 11) is -5.10. The monoisotopic (exact) mass is 388 g/mol. The lowest BCUT2D eigenvalue weighted by Gasteiger charge is -2.35. The average molecular weight is 389 g/mol. The molecule has 25 heavy (non-hydrogen) atoms. The van der Waals surface area contributed by atoms with Crippen LogP contribution in [0.15, 0.2) is 29.2 Å². The van der Waals surface area contributed by atoms with E-state index in [9.17, 15) is 16.8 Å². The van der Waals surface area contributed by atoms with E-state index >= 15 is 0 Å². The zero-order valence-electron chi connectivity index (χ0n) is 14.2. The summed E-state index contributed by atoms with van der Waals surface area (Å²) in [5, 5.41) is 0. The molecule has 0 bridgehead atoms. The van der Waals surface area contributed by atoms with Crippen molar-refractivity contribution in [3.05, 3.63) is 24.3 Å². The molecule has 0 aromatic heterocycles. The molecular formula is C16H24N2O5S2. The third-order valence-corrected chi connectivity index (χ3v) is 8.25. The van der Waals surface area contributed by atoms with E-state index in [0.717, 1.165) is 0 Å². The normalized spacial score (nSPS) is 25.1. The Morgan fingerprint density at radius 1 is 1.16 bits per heavy atom. The summed E-state index contributed by atoms with van der Waals surface area (Å²) in [5.41, 5.74) is 0. The van der Waals surface area contributed by atoms with E-state index in [1.54, 1.807) is 18.2 Å². The van der Waals surface area contributed by atoms with Crippen molar-refractivity contribution in [1.29, 1.82) is 0 Å². The minimum absolute atomic E-state index is 0.0803. The standard InChI is InChI=1S/C16H24N2O5S2/c1-23-15-4-2-3-5-16(15)25(21,22)17-13-6-9-18(10-7-13)14-8-11-24(19,20)12-14/h2-5,13-14,17H,6-12H2,1H3/t14-/m0/s1. The number of piperidine rings is 1.